The number of aromatic amines is 1. The minimum atomic E-state index is -0.355. The predicted octanol–water partition coefficient (Wildman–Crippen LogP) is 1.95. The summed E-state index contributed by atoms with van der Waals surface area (Å²) in [7, 11) is 0. The number of allylic oxidation sites excluding steroid dienone is 1. The Morgan fingerprint density at radius 2 is 1.70 bits per heavy atom. The Morgan fingerprint density at radius 3 is 2.17 bits per heavy atom. The smallest absolute Gasteiger partial charge is 0.308 e. The van der Waals surface area contributed by atoms with Crippen molar-refractivity contribution in [3.63, 3.8) is 0 Å². The van der Waals surface area contributed by atoms with Crippen LogP contribution in [0.2, 0.25) is 0 Å². The molecule has 126 valence electrons. The third-order valence-electron chi connectivity index (χ3n) is 3.26. The fourth-order valence-corrected chi connectivity index (χ4v) is 1.85. The molecule has 7 heteroatoms. The maximum atomic E-state index is 11.3. The van der Waals surface area contributed by atoms with Crippen molar-refractivity contribution in [3.8, 4) is 0 Å². The van der Waals surface area contributed by atoms with E-state index >= 15 is 0 Å². The van der Waals surface area contributed by atoms with Crippen molar-refractivity contribution in [1.29, 1.82) is 0 Å². The number of carbonyl (C=O) groups is 1. The van der Waals surface area contributed by atoms with E-state index in [9.17, 15) is 14.4 Å². The van der Waals surface area contributed by atoms with E-state index in [1.165, 1.54) is 16.8 Å². The van der Waals surface area contributed by atoms with Crippen LogP contribution in [0.25, 0.3) is 0 Å². The van der Waals surface area contributed by atoms with Crippen LogP contribution in [0.3, 0.4) is 0 Å². The number of hydrogen-bond donors (Lipinski definition) is 2. The number of nitrogens with one attached hydrogen (secondary N) is 2. The molecule has 0 aliphatic carbocycles. The topological polar surface area (TPSA) is 87.2 Å². The minimum Gasteiger partial charge on any atom is -0.308 e. The summed E-state index contributed by atoms with van der Waals surface area (Å²) in [4.78, 5) is 36.7. The van der Waals surface area contributed by atoms with E-state index < -0.39 is 0 Å². The molecule has 0 spiro atoms. The van der Waals surface area contributed by atoms with Crippen LogP contribution in [0.4, 0.5) is 4.79 Å². The van der Waals surface area contributed by atoms with Gasteiger partial charge in [0.1, 0.15) is 0 Å². The number of H-pyrrole nitrogens is 1. The summed E-state index contributed by atoms with van der Waals surface area (Å²) in [6.07, 6.45) is 3.32. The molecule has 0 unspecified atom stereocenters. The quantitative estimate of drug-likeness (QED) is 0.873. The average Bonchev–Trinajstić information content (AvgIpc) is 2.42. The SMILES string of the molecule is C=C1NC(=O)N(C(C)C)C=C1C.CC(C)n1ccc(=O)[nH]c1=O. The molecule has 2 amide bonds. The Kier molecular flexibility index (Phi) is 6.12. The second kappa shape index (κ2) is 7.62. The van der Waals surface area contributed by atoms with Crippen LogP contribution in [0.5, 0.6) is 0 Å². The number of urea groups is 1. The number of amides is 2. The molecule has 0 fully saturated rings. The van der Waals surface area contributed by atoms with Crippen LogP contribution in [0, 0.1) is 0 Å². The van der Waals surface area contributed by atoms with Crippen molar-refractivity contribution in [2.75, 3.05) is 0 Å². The monoisotopic (exact) mass is 320 g/mol. The van der Waals surface area contributed by atoms with E-state index in [1.54, 1.807) is 4.90 Å². The Morgan fingerprint density at radius 1 is 1.09 bits per heavy atom. The first kappa shape index (κ1) is 18.5. The Balaban J connectivity index is 0.000000231. The van der Waals surface area contributed by atoms with Gasteiger partial charge in [0.15, 0.2) is 0 Å². The van der Waals surface area contributed by atoms with E-state index in [-0.39, 0.29) is 29.4 Å². The third kappa shape index (κ3) is 4.98. The first-order valence-electron chi connectivity index (χ1n) is 7.42. The van der Waals surface area contributed by atoms with E-state index in [1.807, 2.05) is 40.8 Å². The van der Waals surface area contributed by atoms with Gasteiger partial charge in [-0.05, 0) is 40.2 Å². The van der Waals surface area contributed by atoms with Gasteiger partial charge in [-0.3, -0.25) is 19.2 Å². The lowest BCUT2D eigenvalue weighted by molar-refractivity contribution is 0.206. The lowest BCUT2D eigenvalue weighted by atomic mass is 10.2. The van der Waals surface area contributed by atoms with Gasteiger partial charge in [-0.2, -0.15) is 0 Å². The summed E-state index contributed by atoms with van der Waals surface area (Å²) in [5.74, 6) is 0. The third-order valence-corrected chi connectivity index (χ3v) is 3.26. The average molecular weight is 320 g/mol. The highest BCUT2D eigenvalue weighted by Crippen LogP contribution is 2.14. The molecule has 2 rings (SSSR count). The maximum Gasteiger partial charge on any atom is 0.328 e. The van der Waals surface area contributed by atoms with E-state index in [0.717, 1.165) is 5.57 Å². The molecule has 2 N–H and O–H groups in total. The van der Waals surface area contributed by atoms with Crippen LogP contribution >= 0.6 is 0 Å². The molecule has 1 aliphatic heterocycles. The fraction of sp³-hybridized carbons (Fsp3) is 0.438. The molecule has 0 aromatic carbocycles. The van der Waals surface area contributed by atoms with Crippen LogP contribution in [-0.2, 0) is 0 Å². The number of rotatable bonds is 2. The summed E-state index contributed by atoms with van der Waals surface area (Å²) in [5.41, 5.74) is 0.986. The molecular weight excluding hydrogens is 296 g/mol. The van der Waals surface area contributed by atoms with E-state index in [0.29, 0.717) is 5.70 Å². The van der Waals surface area contributed by atoms with Gasteiger partial charge in [-0.15, -0.1) is 0 Å². The molecule has 0 radical (unpaired) electrons. The van der Waals surface area contributed by atoms with Gasteiger partial charge in [0.05, 0.1) is 0 Å². The molecule has 0 saturated carbocycles. The van der Waals surface area contributed by atoms with Gasteiger partial charge in [0.25, 0.3) is 5.56 Å². The van der Waals surface area contributed by atoms with E-state index in [2.05, 4.69) is 16.9 Å². The van der Waals surface area contributed by atoms with Gasteiger partial charge in [0.2, 0.25) is 0 Å². The second-order valence-corrected chi connectivity index (χ2v) is 5.83. The summed E-state index contributed by atoms with van der Waals surface area (Å²) in [6, 6.07) is 1.51. The van der Waals surface area contributed by atoms with Crippen molar-refractivity contribution in [3.05, 3.63) is 57.2 Å². The molecule has 2 heterocycles. The Hall–Kier alpha value is -2.57. The van der Waals surface area contributed by atoms with Crippen LogP contribution < -0.4 is 16.6 Å². The molecule has 1 aromatic heterocycles. The summed E-state index contributed by atoms with van der Waals surface area (Å²) >= 11 is 0. The summed E-state index contributed by atoms with van der Waals surface area (Å²) in [6.45, 7) is 13.3. The molecule has 7 nitrogen and oxygen atoms in total. The van der Waals surface area contributed by atoms with Gasteiger partial charge >= 0.3 is 11.7 Å². The Labute approximate surface area is 135 Å². The lowest BCUT2D eigenvalue weighted by Gasteiger charge is -2.28. The number of hydrogen-bond acceptors (Lipinski definition) is 3. The molecule has 0 saturated heterocycles. The zero-order valence-corrected chi connectivity index (χ0v) is 14.2. The van der Waals surface area contributed by atoms with Crippen molar-refractivity contribution >= 4 is 6.03 Å². The van der Waals surface area contributed by atoms with Gasteiger partial charge in [0, 0.05) is 36.2 Å². The zero-order chi connectivity index (χ0) is 17.7. The van der Waals surface area contributed by atoms with E-state index in [4.69, 9.17) is 0 Å². The standard InChI is InChI=1S/C9H14N2O.C7H10N2O2/c1-6(2)11-5-7(3)8(4)10-9(11)12;1-5(2)9-4-3-6(10)8-7(9)11/h5-6H,4H2,1-3H3,(H,10,12);3-5H,1-2H3,(H,8,10,11). The van der Waals surface area contributed by atoms with Gasteiger partial charge < -0.3 is 5.32 Å². The largest absolute Gasteiger partial charge is 0.328 e. The minimum absolute atomic E-state index is 0.0827. The molecule has 0 atom stereocenters. The highest BCUT2D eigenvalue weighted by Gasteiger charge is 2.20. The van der Waals surface area contributed by atoms with Crippen LogP contribution in [-0.4, -0.2) is 26.5 Å². The lowest BCUT2D eigenvalue weighted by Crippen LogP contribution is -2.43. The van der Waals surface area contributed by atoms with Gasteiger partial charge in [-0.25, -0.2) is 9.59 Å². The number of carbonyl (C=O) groups excluding carboxylic acids is 1. The Bertz CT molecular complexity index is 725. The van der Waals surface area contributed by atoms with Crippen LogP contribution in [0.15, 0.2) is 45.9 Å². The number of aromatic nitrogens is 2. The zero-order valence-electron chi connectivity index (χ0n) is 14.2. The van der Waals surface area contributed by atoms with Gasteiger partial charge in [-0.1, -0.05) is 6.58 Å². The summed E-state index contributed by atoms with van der Waals surface area (Å²) < 4.78 is 1.46. The van der Waals surface area contributed by atoms with Crippen LogP contribution in [0.1, 0.15) is 40.7 Å². The first-order valence-corrected chi connectivity index (χ1v) is 7.42. The maximum absolute atomic E-state index is 11.3. The molecule has 0 bridgehead atoms. The van der Waals surface area contributed by atoms with Crippen molar-refractivity contribution < 1.29 is 4.79 Å². The molecular formula is C16H24N4O3. The molecule has 23 heavy (non-hydrogen) atoms. The number of nitrogens with zero attached hydrogens (tertiary/aromatic N) is 2. The second-order valence-electron chi connectivity index (χ2n) is 5.83. The molecule has 1 aliphatic rings. The normalized spacial score (nSPS) is 14.4. The van der Waals surface area contributed by atoms with Crippen molar-refractivity contribution in [2.45, 2.75) is 46.7 Å². The molecule has 1 aromatic rings. The fourth-order valence-electron chi connectivity index (χ4n) is 1.85. The first-order chi connectivity index (χ1) is 10.6. The van der Waals surface area contributed by atoms with Crippen molar-refractivity contribution in [2.24, 2.45) is 0 Å². The highest BCUT2D eigenvalue weighted by molar-refractivity contribution is 5.80. The van der Waals surface area contributed by atoms with Crippen molar-refractivity contribution in [1.82, 2.24) is 19.8 Å². The summed E-state index contributed by atoms with van der Waals surface area (Å²) in [5, 5.41) is 2.68. The predicted molar refractivity (Wildman–Crippen MR) is 90.1 cm³/mol. The highest BCUT2D eigenvalue weighted by atomic mass is 16.2.